The Morgan fingerprint density at radius 2 is 2.17 bits per heavy atom. The van der Waals surface area contributed by atoms with E-state index in [0.29, 0.717) is 19.0 Å². The van der Waals surface area contributed by atoms with Crippen LogP contribution in [0, 0.1) is 5.82 Å². The number of aromatic nitrogens is 2. The van der Waals surface area contributed by atoms with Gasteiger partial charge in [-0.15, -0.1) is 10.2 Å². The summed E-state index contributed by atoms with van der Waals surface area (Å²) in [5.41, 5.74) is 5.31. The second-order valence-corrected chi connectivity index (χ2v) is 6.11. The summed E-state index contributed by atoms with van der Waals surface area (Å²) in [4.78, 5) is 13.8. The Morgan fingerprint density at radius 3 is 2.79 bits per heavy atom. The van der Waals surface area contributed by atoms with Crippen molar-refractivity contribution in [2.45, 2.75) is 18.4 Å². The monoisotopic (exact) mass is 334 g/mol. The van der Waals surface area contributed by atoms with Crippen molar-refractivity contribution in [3.8, 4) is 11.5 Å². The highest BCUT2D eigenvalue weighted by atomic mass is 19.1. The number of nitrogens with zero attached hydrogens (tertiary/aromatic N) is 3. The van der Waals surface area contributed by atoms with Crippen molar-refractivity contribution < 1.29 is 18.3 Å². The van der Waals surface area contributed by atoms with Crippen LogP contribution < -0.4 is 5.73 Å². The Morgan fingerprint density at radius 1 is 1.46 bits per heavy atom. The van der Waals surface area contributed by atoms with Crippen LogP contribution in [0.2, 0.25) is 0 Å². The van der Waals surface area contributed by atoms with Gasteiger partial charge in [-0.05, 0) is 19.1 Å². The largest absolute Gasteiger partial charge is 0.420 e. The minimum atomic E-state index is -0.647. The van der Waals surface area contributed by atoms with E-state index in [9.17, 15) is 9.18 Å². The molecule has 0 aliphatic carbocycles. The lowest BCUT2D eigenvalue weighted by Gasteiger charge is -2.46. The van der Waals surface area contributed by atoms with Gasteiger partial charge in [-0.1, -0.05) is 12.1 Å². The molecule has 8 heteroatoms. The summed E-state index contributed by atoms with van der Waals surface area (Å²) in [6.07, 6.45) is -0.647. The quantitative estimate of drug-likeness (QED) is 0.875. The zero-order valence-electron chi connectivity index (χ0n) is 13.5. The number of ether oxygens (including phenoxy) is 1. The molecule has 24 heavy (non-hydrogen) atoms. The van der Waals surface area contributed by atoms with E-state index in [2.05, 4.69) is 10.2 Å². The zero-order valence-corrected chi connectivity index (χ0v) is 13.5. The lowest BCUT2D eigenvalue weighted by Crippen LogP contribution is -2.62. The second-order valence-electron chi connectivity index (χ2n) is 6.11. The zero-order chi connectivity index (χ0) is 17.3. The summed E-state index contributed by atoms with van der Waals surface area (Å²) in [5.74, 6) is -0.0715. The van der Waals surface area contributed by atoms with E-state index in [1.54, 1.807) is 23.1 Å². The predicted molar refractivity (Wildman–Crippen MR) is 83.5 cm³/mol. The van der Waals surface area contributed by atoms with Gasteiger partial charge in [0.1, 0.15) is 11.9 Å². The van der Waals surface area contributed by atoms with Crippen LogP contribution in [-0.2, 0) is 14.9 Å². The third-order valence-corrected chi connectivity index (χ3v) is 4.21. The van der Waals surface area contributed by atoms with Crippen LogP contribution in [0.5, 0.6) is 0 Å². The third kappa shape index (κ3) is 2.78. The molecule has 1 aromatic heterocycles. The van der Waals surface area contributed by atoms with Gasteiger partial charge in [-0.2, -0.15) is 0 Å². The van der Waals surface area contributed by atoms with Gasteiger partial charge in [0.25, 0.3) is 11.8 Å². The fraction of sp³-hybridized carbons (Fsp3) is 0.438. The maximum absolute atomic E-state index is 13.8. The van der Waals surface area contributed by atoms with E-state index >= 15 is 0 Å². The van der Waals surface area contributed by atoms with Crippen LogP contribution in [-0.4, -0.2) is 53.9 Å². The van der Waals surface area contributed by atoms with Crippen LogP contribution in [0.4, 0.5) is 4.39 Å². The number of rotatable bonds is 5. The van der Waals surface area contributed by atoms with Crippen LogP contribution in [0.1, 0.15) is 12.8 Å². The average Bonchev–Trinajstić information content (AvgIpc) is 3.03. The number of nitrogens with two attached hydrogens (primary N) is 1. The molecule has 7 nitrogen and oxygen atoms in total. The van der Waals surface area contributed by atoms with Crippen molar-refractivity contribution in [2.24, 2.45) is 5.73 Å². The fourth-order valence-electron chi connectivity index (χ4n) is 2.80. The molecule has 2 aromatic rings. The number of hydrogen-bond acceptors (Lipinski definition) is 6. The van der Waals surface area contributed by atoms with Gasteiger partial charge in [0.15, 0.2) is 0 Å². The number of benzene rings is 1. The smallest absolute Gasteiger partial charge is 0.253 e. The molecular weight excluding hydrogens is 315 g/mol. The van der Waals surface area contributed by atoms with Crippen molar-refractivity contribution in [1.29, 1.82) is 0 Å². The van der Waals surface area contributed by atoms with Crippen molar-refractivity contribution >= 4 is 5.91 Å². The molecule has 1 aliphatic rings. The number of likely N-dealkylation sites (tertiary alicyclic amines) is 1. The van der Waals surface area contributed by atoms with Crippen LogP contribution in [0.15, 0.2) is 28.7 Å². The number of carbonyl (C=O) groups excluding carboxylic acids is 1. The molecule has 0 spiro atoms. The average molecular weight is 334 g/mol. The molecule has 0 radical (unpaired) electrons. The van der Waals surface area contributed by atoms with Gasteiger partial charge < -0.3 is 19.8 Å². The molecule has 0 saturated carbocycles. The lowest BCUT2D eigenvalue weighted by molar-refractivity contribution is -0.149. The Hall–Kier alpha value is -2.32. The third-order valence-electron chi connectivity index (χ3n) is 4.21. The predicted octanol–water partition coefficient (Wildman–Crippen LogP) is 0.949. The number of hydrogen-bond donors (Lipinski definition) is 1. The summed E-state index contributed by atoms with van der Waals surface area (Å²) in [7, 11) is 1.45. The first-order chi connectivity index (χ1) is 11.5. The van der Waals surface area contributed by atoms with E-state index in [4.69, 9.17) is 14.9 Å². The first-order valence-corrected chi connectivity index (χ1v) is 7.59. The van der Waals surface area contributed by atoms with Gasteiger partial charge in [-0.25, -0.2) is 4.39 Å². The van der Waals surface area contributed by atoms with E-state index in [1.807, 2.05) is 6.92 Å². The molecule has 3 rings (SSSR count). The second kappa shape index (κ2) is 6.29. The summed E-state index contributed by atoms with van der Waals surface area (Å²) in [5, 5.41) is 7.96. The van der Waals surface area contributed by atoms with Crippen LogP contribution in [0.25, 0.3) is 11.5 Å². The molecule has 1 saturated heterocycles. The van der Waals surface area contributed by atoms with Crippen LogP contribution >= 0.6 is 0 Å². The molecule has 2 N–H and O–H groups in total. The highest BCUT2D eigenvalue weighted by Gasteiger charge is 2.48. The van der Waals surface area contributed by atoms with Gasteiger partial charge in [0.2, 0.25) is 5.89 Å². The number of carbonyl (C=O) groups is 1. The van der Waals surface area contributed by atoms with Crippen molar-refractivity contribution in [2.75, 3.05) is 26.7 Å². The topological polar surface area (TPSA) is 94.5 Å². The summed E-state index contributed by atoms with van der Waals surface area (Å²) in [6.45, 7) is 2.88. The number of halogens is 1. The SMILES string of the molecule is COC(CN)C(=O)N1CC(C)(c2nnc(-c3ccccc3F)o2)C1. The Labute approximate surface area is 138 Å². The number of methoxy groups -OCH3 is 1. The Balaban J connectivity index is 1.73. The molecule has 1 aliphatic heterocycles. The molecule has 2 heterocycles. The normalized spacial score (nSPS) is 17.4. The van der Waals surface area contributed by atoms with Crippen molar-refractivity contribution in [1.82, 2.24) is 15.1 Å². The molecule has 128 valence electrons. The molecule has 1 amide bonds. The minimum absolute atomic E-state index is 0.126. The van der Waals surface area contributed by atoms with Crippen molar-refractivity contribution in [3.05, 3.63) is 36.0 Å². The molecule has 1 unspecified atom stereocenters. The van der Waals surface area contributed by atoms with Gasteiger partial charge in [0.05, 0.1) is 11.0 Å². The molecule has 1 fully saturated rings. The van der Waals surface area contributed by atoms with Gasteiger partial charge in [0, 0.05) is 26.7 Å². The summed E-state index contributed by atoms with van der Waals surface area (Å²) < 4.78 is 24.5. The van der Waals surface area contributed by atoms with Gasteiger partial charge >= 0.3 is 0 Å². The summed E-state index contributed by atoms with van der Waals surface area (Å²) >= 11 is 0. The maximum Gasteiger partial charge on any atom is 0.253 e. The molecule has 0 bridgehead atoms. The highest BCUT2D eigenvalue weighted by molar-refractivity contribution is 5.82. The molecule has 1 aromatic carbocycles. The highest BCUT2D eigenvalue weighted by Crippen LogP contribution is 2.35. The van der Waals surface area contributed by atoms with E-state index in [0.717, 1.165) is 0 Å². The first kappa shape index (κ1) is 16.5. The van der Waals surface area contributed by atoms with E-state index in [-0.39, 0.29) is 23.9 Å². The Kier molecular flexibility index (Phi) is 4.33. The molecule has 1 atom stereocenters. The van der Waals surface area contributed by atoms with Crippen molar-refractivity contribution in [3.63, 3.8) is 0 Å². The van der Waals surface area contributed by atoms with E-state index < -0.39 is 17.3 Å². The maximum atomic E-state index is 13.8. The summed E-state index contributed by atoms with van der Waals surface area (Å²) in [6, 6.07) is 6.21. The fourth-order valence-corrected chi connectivity index (χ4v) is 2.80. The standard InChI is InChI=1S/C16H19FN4O3/c1-16(8-21(9-16)14(22)12(7-18)23-2)15-20-19-13(24-15)10-5-3-4-6-11(10)17/h3-6,12H,7-9,18H2,1-2H3. The van der Waals surface area contributed by atoms with Crippen LogP contribution in [0.3, 0.4) is 0 Å². The molecular formula is C16H19FN4O3. The van der Waals surface area contributed by atoms with E-state index in [1.165, 1.54) is 13.2 Å². The first-order valence-electron chi connectivity index (χ1n) is 7.59. The minimum Gasteiger partial charge on any atom is -0.420 e. The number of amides is 1. The Bertz CT molecular complexity index is 738. The lowest BCUT2D eigenvalue weighted by atomic mass is 9.81. The van der Waals surface area contributed by atoms with Gasteiger partial charge in [-0.3, -0.25) is 4.79 Å².